The van der Waals surface area contributed by atoms with Gasteiger partial charge in [-0.2, -0.15) is 5.26 Å². The third kappa shape index (κ3) is 2.64. The van der Waals surface area contributed by atoms with E-state index in [1.807, 2.05) is 24.3 Å². The lowest BCUT2D eigenvalue weighted by molar-refractivity contribution is 1.20. The molecule has 1 heterocycles. The zero-order valence-corrected chi connectivity index (χ0v) is 16.8. The van der Waals surface area contributed by atoms with Crippen LogP contribution in [0.15, 0.2) is 109 Å². The third-order valence-corrected chi connectivity index (χ3v) is 6.03. The highest BCUT2D eigenvalue weighted by molar-refractivity contribution is 6.12. The summed E-state index contributed by atoms with van der Waals surface area (Å²) in [5.41, 5.74) is 6.51. The maximum Gasteiger partial charge on any atom is 0.0991 e. The molecule has 5 aromatic carbocycles. The van der Waals surface area contributed by atoms with Crippen molar-refractivity contribution in [3.05, 3.63) is 115 Å². The highest BCUT2D eigenvalue weighted by atomic mass is 15.0. The lowest BCUT2D eigenvalue weighted by Gasteiger charge is -2.15. The first-order valence-corrected chi connectivity index (χ1v) is 10.4. The Morgan fingerprint density at radius 3 is 1.84 bits per heavy atom. The second-order valence-electron chi connectivity index (χ2n) is 7.74. The van der Waals surface area contributed by atoms with Crippen LogP contribution in [0.3, 0.4) is 0 Å². The Morgan fingerprint density at radius 1 is 0.581 bits per heavy atom. The van der Waals surface area contributed by atoms with Crippen molar-refractivity contribution in [3.8, 4) is 22.9 Å². The molecule has 0 spiro atoms. The van der Waals surface area contributed by atoms with E-state index in [0.29, 0.717) is 5.56 Å². The Morgan fingerprint density at radius 2 is 1.19 bits per heavy atom. The topological polar surface area (TPSA) is 28.7 Å². The number of nitriles is 1. The number of nitrogens with zero attached hydrogens (tertiary/aromatic N) is 2. The summed E-state index contributed by atoms with van der Waals surface area (Å²) in [6.45, 7) is 0. The molecule has 144 valence electrons. The molecule has 0 amide bonds. The van der Waals surface area contributed by atoms with Gasteiger partial charge >= 0.3 is 0 Å². The average molecular weight is 394 g/mol. The SMILES string of the molecule is N#Cc1ccc(-c2cccc3cccc(-n4c5ccccc5c5ccccc54)c23)cc1. The standard InChI is InChI=1S/C29H18N2/c30-19-20-15-17-21(18-16-20)23-11-5-7-22-8-6-14-28(29(22)23)31-26-12-3-1-9-24(26)25-10-2-4-13-27(25)31/h1-18H. The fraction of sp³-hybridized carbons (Fsp3) is 0. The first-order chi connectivity index (χ1) is 15.3. The van der Waals surface area contributed by atoms with E-state index in [-0.39, 0.29) is 0 Å². The first kappa shape index (κ1) is 17.5. The van der Waals surface area contributed by atoms with Gasteiger partial charge in [0.05, 0.1) is 28.4 Å². The average Bonchev–Trinajstić information content (AvgIpc) is 3.18. The predicted octanol–water partition coefficient (Wildman–Crippen LogP) is 7.48. The van der Waals surface area contributed by atoms with Gasteiger partial charge in [-0.3, -0.25) is 0 Å². The Bertz CT molecular complexity index is 1570. The Balaban J connectivity index is 1.75. The molecule has 0 saturated carbocycles. The Labute approximate surface area is 180 Å². The van der Waals surface area contributed by atoms with E-state index < -0.39 is 0 Å². The van der Waals surface area contributed by atoms with E-state index >= 15 is 0 Å². The van der Waals surface area contributed by atoms with E-state index in [1.54, 1.807) is 0 Å². The van der Waals surface area contributed by atoms with Crippen LogP contribution in [0.25, 0.3) is 49.4 Å². The highest BCUT2D eigenvalue weighted by Crippen LogP contribution is 2.38. The quantitative estimate of drug-likeness (QED) is 0.299. The van der Waals surface area contributed by atoms with E-state index in [9.17, 15) is 5.26 Å². The zero-order chi connectivity index (χ0) is 20.8. The van der Waals surface area contributed by atoms with Crippen LogP contribution in [0.4, 0.5) is 0 Å². The van der Waals surface area contributed by atoms with Gasteiger partial charge in [0.2, 0.25) is 0 Å². The van der Waals surface area contributed by atoms with Gasteiger partial charge < -0.3 is 4.57 Å². The first-order valence-electron chi connectivity index (χ1n) is 10.4. The molecule has 0 atom stereocenters. The molecule has 6 rings (SSSR count). The highest BCUT2D eigenvalue weighted by Gasteiger charge is 2.15. The number of aromatic nitrogens is 1. The minimum absolute atomic E-state index is 0.673. The van der Waals surface area contributed by atoms with Crippen LogP contribution in [-0.2, 0) is 0 Å². The van der Waals surface area contributed by atoms with Crippen molar-refractivity contribution in [3.63, 3.8) is 0 Å². The van der Waals surface area contributed by atoms with Crippen molar-refractivity contribution < 1.29 is 0 Å². The molecule has 1 aromatic heterocycles. The number of fused-ring (bicyclic) bond motifs is 4. The minimum Gasteiger partial charge on any atom is -0.309 e. The number of para-hydroxylation sites is 2. The summed E-state index contributed by atoms with van der Waals surface area (Å²) in [4.78, 5) is 0. The van der Waals surface area contributed by atoms with E-state index in [2.05, 4.69) is 95.6 Å². The molecule has 2 heteroatoms. The summed E-state index contributed by atoms with van der Waals surface area (Å²) in [5, 5.41) is 14.1. The molecule has 0 aliphatic rings. The molecule has 0 unspecified atom stereocenters. The molecule has 6 aromatic rings. The summed E-state index contributed by atoms with van der Waals surface area (Å²) >= 11 is 0. The van der Waals surface area contributed by atoms with Crippen molar-refractivity contribution in [2.45, 2.75) is 0 Å². The van der Waals surface area contributed by atoms with Gasteiger partial charge in [-0.05, 0) is 46.8 Å². The van der Waals surface area contributed by atoms with Gasteiger partial charge in [0, 0.05) is 16.2 Å². The second kappa shape index (κ2) is 6.86. The van der Waals surface area contributed by atoms with Crippen LogP contribution >= 0.6 is 0 Å². The molecule has 0 aliphatic heterocycles. The van der Waals surface area contributed by atoms with Crippen molar-refractivity contribution in [1.29, 1.82) is 5.26 Å². The summed E-state index contributed by atoms with van der Waals surface area (Å²) in [5.74, 6) is 0. The number of hydrogen-bond acceptors (Lipinski definition) is 1. The smallest absolute Gasteiger partial charge is 0.0991 e. The summed E-state index contributed by atoms with van der Waals surface area (Å²) < 4.78 is 2.38. The normalized spacial score (nSPS) is 11.2. The van der Waals surface area contributed by atoms with Crippen LogP contribution in [-0.4, -0.2) is 4.57 Å². The lowest BCUT2D eigenvalue weighted by Crippen LogP contribution is -1.96. The monoisotopic (exact) mass is 394 g/mol. The predicted molar refractivity (Wildman–Crippen MR) is 128 cm³/mol. The van der Waals surface area contributed by atoms with Crippen LogP contribution in [0.2, 0.25) is 0 Å². The molecule has 0 saturated heterocycles. The summed E-state index contributed by atoms with van der Waals surface area (Å²) in [6, 6.07) is 40.2. The maximum atomic E-state index is 9.19. The van der Waals surface area contributed by atoms with Crippen molar-refractivity contribution in [1.82, 2.24) is 4.57 Å². The third-order valence-electron chi connectivity index (χ3n) is 6.03. The van der Waals surface area contributed by atoms with Crippen LogP contribution < -0.4 is 0 Å². The molecule has 31 heavy (non-hydrogen) atoms. The van der Waals surface area contributed by atoms with Gasteiger partial charge in [0.1, 0.15) is 0 Å². The van der Waals surface area contributed by atoms with E-state index in [1.165, 1.54) is 38.1 Å². The number of rotatable bonds is 2. The summed E-state index contributed by atoms with van der Waals surface area (Å²) in [6.07, 6.45) is 0. The van der Waals surface area contributed by atoms with Crippen LogP contribution in [0.5, 0.6) is 0 Å². The molecule has 0 N–H and O–H groups in total. The van der Waals surface area contributed by atoms with Crippen molar-refractivity contribution >= 4 is 32.6 Å². The second-order valence-corrected chi connectivity index (χ2v) is 7.74. The number of benzene rings is 5. The van der Waals surface area contributed by atoms with Gasteiger partial charge in [-0.1, -0.05) is 78.9 Å². The molecular weight excluding hydrogens is 376 g/mol. The lowest BCUT2D eigenvalue weighted by atomic mass is 9.96. The van der Waals surface area contributed by atoms with Gasteiger partial charge in [0.15, 0.2) is 0 Å². The molecule has 0 aliphatic carbocycles. The van der Waals surface area contributed by atoms with Crippen molar-refractivity contribution in [2.75, 3.05) is 0 Å². The number of hydrogen-bond donors (Lipinski definition) is 0. The van der Waals surface area contributed by atoms with Crippen LogP contribution in [0.1, 0.15) is 5.56 Å². The van der Waals surface area contributed by atoms with Crippen LogP contribution in [0, 0.1) is 11.3 Å². The molecule has 2 nitrogen and oxygen atoms in total. The Kier molecular flexibility index (Phi) is 3.88. The molecule has 0 radical (unpaired) electrons. The van der Waals surface area contributed by atoms with Gasteiger partial charge in [-0.15, -0.1) is 0 Å². The fourth-order valence-corrected chi connectivity index (χ4v) is 4.65. The minimum atomic E-state index is 0.673. The van der Waals surface area contributed by atoms with Crippen molar-refractivity contribution in [2.24, 2.45) is 0 Å². The zero-order valence-electron chi connectivity index (χ0n) is 16.8. The summed E-state index contributed by atoms with van der Waals surface area (Å²) in [7, 11) is 0. The fourth-order valence-electron chi connectivity index (χ4n) is 4.65. The maximum absolute atomic E-state index is 9.19. The van der Waals surface area contributed by atoms with E-state index in [4.69, 9.17) is 0 Å². The molecular formula is C29H18N2. The van der Waals surface area contributed by atoms with E-state index in [0.717, 1.165) is 11.3 Å². The molecule has 0 fully saturated rings. The van der Waals surface area contributed by atoms with Gasteiger partial charge in [-0.25, -0.2) is 0 Å². The Hall–Kier alpha value is -4.35. The molecule has 0 bridgehead atoms. The van der Waals surface area contributed by atoms with Gasteiger partial charge in [0.25, 0.3) is 0 Å². The largest absolute Gasteiger partial charge is 0.309 e.